The zero-order chi connectivity index (χ0) is 17.8. The number of benzene rings is 2. The second-order valence-corrected chi connectivity index (χ2v) is 5.51. The van der Waals surface area contributed by atoms with Crippen molar-refractivity contribution < 1.29 is 9.53 Å². The number of rotatable bonds is 4. The van der Waals surface area contributed by atoms with E-state index in [1.54, 1.807) is 66.3 Å². The molecule has 0 fully saturated rings. The molecule has 6 heteroatoms. The lowest BCUT2D eigenvalue weighted by atomic mass is 10.2. The molecule has 0 radical (unpaired) electrons. The largest absolute Gasteiger partial charge is 0.457 e. The molecule has 0 aliphatic heterocycles. The Hall–Kier alpha value is -3.59. The van der Waals surface area contributed by atoms with Gasteiger partial charge >= 0.3 is 0 Å². The summed E-state index contributed by atoms with van der Waals surface area (Å²) < 4.78 is 7.36. The molecule has 1 N–H and O–H groups in total. The number of hydrogen-bond donors (Lipinski definition) is 1. The summed E-state index contributed by atoms with van der Waals surface area (Å²) in [7, 11) is 1.77. The van der Waals surface area contributed by atoms with Crippen LogP contribution in [0, 0.1) is 18.3 Å². The fourth-order valence-electron chi connectivity index (χ4n) is 2.35. The van der Waals surface area contributed by atoms with Gasteiger partial charge in [0, 0.05) is 18.7 Å². The van der Waals surface area contributed by atoms with Crippen LogP contribution in [0.4, 0.5) is 5.82 Å². The van der Waals surface area contributed by atoms with Gasteiger partial charge in [-0.05, 0) is 49.4 Å². The molecule has 0 saturated heterocycles. The molecule has 1 heterocycles. The Morgan fingerprint density at radius 3 is 2.56 bits per heavy atom. The second kappa shape index (κ2) is 6.89. The molecule has 0 aliphatic rings. The SMILES string of the molecule is Cc1cc(NC(=O)c2cccc(Oc3ccc(C#N)cc3)c2)n(C)n1. The molecule has 0 unspecified atom stereocenters. The molecule has 0 aliphatic carbocycles. The number of nitrogens with zero attached hydrogens (tertiary/aromatic N) is 3. The van der Waals surface area contributed by atoms with E-state index >= 15 is 0 Å². The number of hydrogen-bond acceptors (Lipinski definition) is 4. The summed E-state index contributed by atoms with van der Waals surface area (Å²) in [5.74, 6) is 1.52. The number of aryl methyl sites for hydroxylation is 2. The lowest BCUT2D eigenvalue weighted by Crippen LogP contribution is -2.14. The molecule has 0 atom stereocenters. The van der Waals surface area contributed by atoms with Crippen molar-refractivity contribution in [3.63, 3.8) is 0 Å². The fraction of sp³-hybridized carbons (Fsp3) is 0.105. The number of carbonyl (C=O) groups is 1. The minimum absolute atomic E-state index is 0.242. The van der Waals surface area contributed by atoms with Gasteiger partial charge in [0.15, 0.2) is 0 Å². The zero-order valence-electron chi connectivity index (χ0n) is 13.9. The maximum absolute atomic E-state index is 12.4. The van der Waals surface area contributed by atoms with E-state index in [2.05, 4.69) is 16.5 Å². The third-order valence-electron chi connectivity index (χ3n) is 3.56. The van der Waals surface area contributed by atoms with Crippen LogP contribution >= 0.6 is 0 Å². The van der Waals surface area contributed by atoms with Crippen LogP contribution in [0.5, 0.6) is 11.5 Å². The van der Waals surface area contributed by atoms with Crippen molar-refractivity contribution in [3.8, 4) is 17.6 Å². The van der Waals surface area contributed by atoms with Crippen LogP contribution < -0.4 is 10.1 Å². The normalized spacial score (nSPS) is 10.1. The van der Waals surface area contributed by atoms with Gasteiger partial charge in [0.25, 0.3) is 5.91 Å². The zero-order valence-corrected chi connectivity index (χ0v) is 13.9. The van der Waals surface area contributed by atoms with E-state index in [4.69, 9.17) is 10.00 Å². The predicted octanol–water partition coefficient (Wildman–Crippen LogP) is 3.64. The Labute approximate surface area is 145 Å². The molecule has 3 aromatic rings. The van der Waals surface area contributed by atoms with Crippen molar-refractivity contribution in [3.05, 3.63) is 71.4 Å². The molecule has 3 rings (SSSR count). The maximum atomic E-state index is 12.4. The average molecular weight is 332 g/mol. The molecule has 0 bridgehead atoms. The highest BCUT2D eigenvalue weighted by molar-refractivity contribution is 6.04. The highest BCUT2D eigenvalue weighted by atomic mass is 16.5. The first-order valence-corrected chi connectivity index (χ1v) is 7.65. The monoisotopic (exact) mass is 332 g/mol. The predicted molar refractivity (Wildman–Crippen MR) is 93.6 cm³/mol. The first-order valence-electron chi connectivity index (χ1n) is 7.65. The highest BCUT2D eigenvalue weighted by Gasteiger charge is 2.10. The molecule has 6 nitrogen and oxygen atoms in total. The Kier molecular flexibility index (Phi) is 4.48. The van der Waals surface area contributed by atoms with Gasteiger partial charge < -0.3 is 10.1 Å². The van der Waals surface area contributed by atoms with Crippen LogP contribution in [0.1, 0.15) is 21.6 Å². The number of anilines is 1. The van der Waals surface area contributed by atoms with E-state index in [1.165, 1.54) is 0 Å². The molecular formula is C19H16N4O2. The summed E-state index contributed by atoms with van der Waals surface area (Å²) in [4.78, 5) is 12.4. The lowest BCUT2D eigenvalue weighted by Gasteiger charge is -2.08. The van der Waals surface area contributed by atoms with Crippen molar-refractivity contribution in [2.75, 3.05) is 5.32 Å². The van der Waals surface area contributed by atoms with Gasteiger partial charge in [-0.25, -0.2) is 0 Å². The molecule has 1 amide bonds. The van der Waals surface area contributed by atoms with E-state index in [-0.39, 0.29) is 5.91 Å². The van der Waals surface area contributed by atoms with Gasteiger partial charge in [0.05, 0.1) is 17.3 Å². The van der Waals surface area contributed by atoms with Crippen LogP contribution in [0.25, 0.3) is 0 Å². The Morgan fingerprint density at radius 1 is 1.16 bits per heavy atom. The standard InChI is InChI=1S/C19H16N4O2/c1-13-10-18(23(2)22-13)21-19(24)15-4-3-5-17(11-15)25-16-8-6-14(12-20)7-9-16/h3-11H,1-2H3,(H,21,24). The lowest BCUT2D eigenvalue weighted by molar-refractivity contribution is 0.102. The van der Waals surface area contributed by atoms with Gasteiger partial charge in [-0.15, -0.1) is 0 Å². The average Bonchev–Trinajstić information content (AvgIpc) is 2.93. The quantitative estimate of drug-likeness (QED) is 0.791. The Morgan fingerprint density at radius 2 is 1.92 bits per heavy atom. The summed E-state index contributed by atoms with van der Waals surface area (Å²) in [6.07, 6.45) is 0. The van der Waals surface area contributed by atoms with Crippen LogP contribution in [0.2, 0.25) is 0 Å². The van der Waals surface area contributed by atoms with Crippen LogP contribution in [-0.4, -0.2) is 15.7 Å². The van der Waals surface area contributed by atoms with E-state index < -0.39 is 0 Å². The van der Waals surface area contributed by atoms with Gasteiger partial charge in [-0.2, -0.15) is 10.4 Å². The molecule has 2 aromatic carbocycles. The summed E-state index contributed by atoms with van der Waals surface area (Å²) in [6, 6.07) is 17.5. The van der Waals surface area contributed by atoms with Crippen molar-refractivity contribution >= 4 is 11.7 Å². The minimum Gasteiger partial charge on any atom is -0.457 e. The van der Waals surface area contributed by atoms with E-state index in [9.17, 15) is 4.79 Å². The topological polar surface area (TPSA) is 79.9 Å². The molecule has 25 heavy (non-hydrogen) atoms. The number of aromatic nitrogens is 2. The van der Waals surface area contributed by atoms with Gasteiger partial charge in [0.2, 0.25) is 0 Å². The summed E-state index contributed by atoms with van der Waals surface area (Å²) in [6.45, 7) is 1.86. The molecule has 0 spiro atoms. The number of ether oxygens (including phenoxy) is 1. The molecule has 124 valence electrons. The van der Waals surface area contributed by atoms with Crippen LogP contribution in [0.15, 0.2) is 54.6 Å². The van der Waals surface area contributed by atoms with Crippen LogP contribution in [-0.2, 0) is 7.05 Å². The van der Waals surface area contributed by atoms with E-state index in [0.29, 0.717) is 28.4 Å². The fourth-order valence-corrected chi connectivity index (χ4v) is 2.35. The molecular weight excluding hydrogens is 316 g/mol. The second-order valence-electron chi connectivity index (χ2n) is 5.51. The van der Waals surface area contributed by atoms with Gasteiger partial charge in [-0.1, -0.05) is 6.07 Å². The van der Waals surface area contributed by atoms with Crippen molar-refractivity contribution in [2.24, 2.45) is 7.05 Å². The van der Waals surface area contributed by atoms with Crippen molar-refractivity contribution in [1.82, 2.24) is 9.78 Å². The van der Waals surface area contributed by atoms with Crippen molar-refractivity contribution in [1.29, 1.82) is 5.26 Å². The maximum Gasteiger partial charge on any atom is 0.256 e. The Balaban J connectivity index is 1.75. The van der Waals surface area contributed by atoms with E-state index in [0.717, 1.165) is 5.69 Å². The summed E-state index contributed by atoms with van der Waals surface area (Å²) >= 11 is 0. The van der Waals surface area contributed by atoms with Crippen LogP contribution in [0.3, 0.4) is 0 Å². The number of nitrogens with one attached hydrogen (secondary N) is 1. The third-order valence-corrected chi connectivity index (χ3v) is 3.56. The third kappa shape index (κ3) is 3.85. The number of carbonyl (C=O) groups excluding carboxylic acids is 1. The van der Waals surface area contributed by atoms with Crippen molar-refractivity contribution in [2.45, 2.75) is 6.92 Å². The summed E-state index contributed by atoms with van der Waals surface area (Å²) in [5, 5.41) is 15.8. The highest BCUT2D eigenvalue weighted by Crippen LogP contribution is 2.23. The molecule has 0 saturated carbocycles. The number of amides is 1. The van der Waals surface area contributed by atoms with Gasteiger partial charge in [0.1, 0.15) is 17.3 Å². The first-order chi connectivity index (χ1) is 12.0. The van der Waals surface area contributed by atoms with E-state index in [1.807, 2.05) is 6.92 Å². The summed E-state index contributed by atoms with van der Waals surface area (Å²) in [5.41, 5.74) is 1.87. The molecule has 1 aromatic heterocycles. The Bertz CT molecular complexity index is 952. The minimum atomic E-state index is -0.242. The number of nitriles is 1. The smallest absolute Gasteiger partial charge is 0.256 e. The first kappa shape index (κ1) is 16.3. The van der Waals surface area contributed by atoms with Gasteiger partial charge in [-0.3, -0.25) is 9.48 Å².